The molecule has 0 bridgehead atoms. The first-order valence-electron chi connectivity index (χ1n) is 5.47. The van der Waals surface area contributed by atoms with E-state index in [0.29, 0.717) is 0 Å². The molecule has 0 aromatic heterocycles. The second-order valence-corrected chi connectivity index (χ2v) is 5.58. The molecule has 2 unspecified atom stereocenters. The van der Waals surface area contributed by atoms with Crippen LogP contribution in [0.25, 0.3) is 0 Å². The van der Waals surface area contributed by atoms with Crippen molar-refractivity contribution < 1.29 is 9.16 Å². The normalized spacial score (nSPS) is 16.6. The molecule has 2 atom stereocenters. The Bertz CT molecular complexity index is 109. The van der Waals surface area contributed by atoms with Crippen LogP contribution >= 0.6 is 0 Å². The zero-order valence-corrected chi connectivity index (χ0v) is 10.9. The van der Waals surface area contributed by atoms with Gasteiger partial charge in [-0.1, -0.05) is 33.6 Å². The maximum atomic E-state index is 5.76. The van der Waals surface area contributed by atoms with Crippen LogP contribution in [-0.2, 0) is 9.16 Å². The van der Waals surface area contributed by atoms with Crippen LogP contribution in [0.15, 0.2) is 0 Å². The van der Waals surface area contributed by atoms with E-state index in [0.717, 1.165) is 18.6 Å². The van der Waals surface area contributed by atoms with Crippen molar-refractivity contribution in [3.05, 3.63) is 0 Å². The summed E-state index contributed by atoms with van der Waals surface area (Å²) >= 11 is 0. The van der Waals surface area contributed by atoms with Crippen LogP contribution in [0.3, 0.4) is 0 Å². The van der Waals surface area contributed by atoms with Gasteiger partial charge in [-0.15, -0.1) is 0 Å². The predicted octanol–water partition coefficient (Wildman–Crippen LogP) is 2.47. The van der Waals surface area contributed by atoms with Gasteiger partial charge in [0.1, 0.15) is 6.29 Å². The second kappa shape index (κ2) is 8.72. The van der Waals surface area contributed by atoms with Crippen molar-refractivity contribution in [2.24, 2.45) is 0 Å². The number of hydrogen-bond acceptors (Lipinski definition) is 2. The van der Waals surface area contributed by atoms with Gasteiger partial charge in [-0.2, -0.15) is 0 Å². The first-order chi connectivity index (χ1) is 6.24. The summed E-state index contributed by atoms with van der Waals surface area (Å²) < 4.78 is 11.2. The van der Waals surface area contributed by atoms with Gasteiger partial charge >= 0.3 is 0 Å². The maximum absolute atomic E-state index is 5.76. The minimum absolute atomic E-state index is 0.0657. The minimum Gasteiger partial charge on any atom is -0.399 e. The molecular formula is C10H24O2Si. The van der Waals surface area contributed by atoms with Gasteiger partial charge < -0.3 is 9.16 Å². The summed E-state index contributed by atoms with van der Waals surface area (Å²) in [5, 5.41) is 0. The van der Waals surface area contributed by atoms with Crippen molar-refractivity contribution in [2.45, 2.75) is 58.8 Å². The van der Waals surface area contributed by atoms with Gasteiger partial charge in [-0.05, 0) is 18.9 Å². The van der Waals surface area contributed by atoms with Crippen LogP contribution in [-0.4, -0.2) is 22.7 Å². The van der Waals surface area contributed by atoms with Gasteiger partial charge in [-0.25, -0.2) is 0 Å². The first-order valence-corrected chi connectivity index (χ1v) is 6.87. The van der Waals surface area contributed by atoms with Gasteiger partial charge in [0.15, 0.2) is 9.76 Å². The Morgan fingerprint density at radius 2 is 1.92 bits per heavy atom. The monoisotopic (exact) mass is 204 g/mol. The van der Waals surface area contributed by atoms with Crippen LogP contribution < -0.4 is 0 Å². The zero-order valence-electron chi connectivity index (χ0n) is 9.51. The third kappa shape index (κ3) is 7.23. The van der Waals surface area contributed by atoms with Crippen molar-refractivity contribution in [3.63, 3.8) is 0 Å². The zero-order chi connectivity index (χ0) is 10.1. The Hall–Kier alpha value is 0.137. The van der Waals surface area contributed by atoms with Crippen LogP contribution in [0, 0.1) is 0 Å². The minimum atomic E-state index is -0.379. The Balaban J connectivity index is 3.46. The van der Waals surface area contributed by atoms with Crippen molar-refractivity contribution >= 4 is 9.76 Å². The molecule has 0 aliphatic carbocycles. The molecule has 0 N–H and O–H groups in total. The van der Waals surface area contributed by atoms with Crippen LogP contribution in [0.4, 0.5) is 0 Å². The van der Waals surface area contributed by atoms with E-state index in [1.165, 1.54) is 12.8 Å². The van der Waals surface area contributed by atoms with E-state index in [1.807, 2.05) is 6.92 Å². The van der Waals surface area contributed by atoms with Crippen molar-refractivity contribution in [1.82, 2.24) is 0 Å². The molecule has 0 amide bonds. The topological polar surface area (TPSA) is 18.5 Å². The predicted molar refractivity (Wildman–Crippen MR) is 59.7 cm³/mol. The molecule has 3 heteroatoms. The molecule has 0 spiro atoms. The fourth-order valence-corrected chi connectivity index (χ4v) is 2.77. The molecule has 0 aromatic carbocycles. The van der Waals surface area contributed by atoms with Crippen molar-refractivity contribution in [3.8, 4) is 0 Å². The summed E-state index contributed by atoms with van der Waals surface area (Å²) in [6.07, 6.45) is 3.60. The van der Waals surface area contributed by atoms with Crippen LogP contribution in [0.1, 0.15) is 47.0 Å². The molecule has 0 aliphatic rings. The van der Waals surface area contributed by atoms with Crippen molar-refractivity contribution in [2.75, 3.05) is 6.61 Å². The molecule has 13 heavy (non-hydrogen) atoms. The third-order valence-electron chi connectivity index (χ3n) is 2.03. The standard InChI is InChI=1S/C10H24O2Si/c1-5-8-9(4)13-12-10(6-2)11-7-3/h9-10H,5-8,13H2,1-4H3. The summed E-state index contributed by atoms with van der Waals surface area (Å²) in [4.78, 5) is 0. The average Bonchev–Trinajstić information content (AvgIpc) is 2.12. The molecule has 0 rings (SSSR count). The number of ether oxygens (including phenoxy) is 1. The third-order valence-corrected chi connectivity index (χ3v) is 3.58. The average molecular weight is 204 g/mol. The lowest BCUT2D eigenvalue weighted by Gasteiger charge is -2.18. The van der Waals surface area contributed by atoms with E-state index in [-0.39, 0.29) is 16.1 Å². The SMILES string of the molecule is CCCC(C)[SiH2]OC(CC)OCC. The number of hydrogen-bond donors (Lipinski definition) is 0. The summed E-state index contributed by atoms with van der Waals surface area (Å²) in [6.45, 7) is 9.40. The highest BCUT2D eigenvalue weighted by atomic mass is 28.2. The molecule has 80 valence electrons. The van der Waals surface area contributed by atoms with Crippen LogP contribution in [0.5, 0.6) is 0 Å². The second-order valence-electron chi connectivity index (χ2n) is 3.52. The van der Waals surface area contributed by atoms with E-state index in [1.54, 1.807) is 0 Å². The smallest absolute Gasteiger partial charge is 0.167 e. The lowest BCUT2D eigenvalue weighted by Crippen LogP contribution is -2.20. The van der Waals surface area contributed by atoms with E-state index in [4.69, 9.17) is 9.16 Å². The molecule has 0 heterocycles. The maximum Gasteiger partial charge on any atom is 0.167 e. The highest BCUT2D eigenvalue weighted by Gasteiger charge is 2.08. The Morgan fingerprint density at radius 1 is 1.23 bits per heavy atom. The van der Waals surface area contributed by atoms with E-state index < -0.39 is 0 Å². The highest BCUT2D eigenvalue weighted by Crippen LogP contribution is 2.12. The van der Waals surface area contributed by atoms with E-state index in [2.05, 4.69) is 20.8 Å². The molecule has 0 saturated carbocycles. The fourth-order valence-electron chi connectivity index (χ4n) is 1.32. The van der Waals surface area contributed by atoms with Gasteiger partial charge in [-0.3, -0.25) is 0 Å². The van der Waals surface area contributed by atoms with Gasteiger partial charge in [0.2, 0.25) is 0 Å². The summed E-state index contributed by atoms with van der Waals surface area (Å²) in [7, 11) is -0.379. The van der Waals surface area contributed by atoms with Crippen LogP contribution in [0.2, 0.25) is 5.54 Å². The number of rotatable bonds is 8. The molecular weight excluding hydrogens is 180 g/mol. The van der Waals surface area contributed by atoms with Gasteiger partial charge in [0.05, 0.1) is 0 Å². The van der Waals surface area contributed by atoms with Gasteiger partial charge in [0.25, 0.3) is 0 Å². The Morgan fingerprint density at radius 3 is 2.38 bits per heavy atom. The summed E-state index contributed by atoms with van der Waals surface area (Å²) in [5.41, 5.74) is 0.791. The molecule has 0 aromatic rings. The summed E-state index contributed by atoms with van der Waals surface area (Å²) in [6, 6.07) is 0. The Kier molecular flexibility index (Phi) is 8.81. The Labute approximate surface area is 84.9 Å². The molecule has 0 saturated heterocycles. The van der Waals surface area contributed by atoms with E-state index >= 15 is 0 Å². The molecule has 0 aliphatic heterocycles. The highest BCUT2D eigenvalue weighted by molar-refractivity contribution is 6.29. The fraction of sp³-hybridized carbons (Fsp3) is 1.00. The molecule has 0 fully saturated rings. The lowest BCUT2D eigenvalue weighted by molar-refractivity contribution is -0.0768. The van der Waals surface area contributed by atoms with Crippen molar-refractivity contribution in [1.29, 1.82) is 0 Å². The largest absolute Gasteiger partial charge is 0.399 e. The molecule has 2 nitrogen and oxygen atoms in total. The first kappa shape index (κ1) is 13.1. The molecule has 0 radical (unpaired) electrons. The van der Waals surface area contributed by atoms with E-state index in [9.17, 15) is 0 Å². The van der Waals surface area contributed by atoms with Gasteiger partial charge in [0, 0.05) is 6.61 Å². The lowest BCUT2D eigenvalue weighted by atomic mass is 10.3. The quantitative estimate of drug-likeness (QED) is 0.447. The summed E-state index contributed by atoms with van der Waals surface area (Å²) in [5.74, 6) is 0.